The number of anilines is 2. The van der Waals surface area contributed by atoms with Gasteiger partial charge in [-0.05, 0) is 67.4 Å². The number of hydrogen-bond acceptors (Lipinski definition) is 10. The summed E-state index contributed by atoms with van der Waals surface area (Å²) in [6, 6.07) is 14.3. The first-order chi connectivity index (χ1) is 25.2. The van der Waals surface area contributed by atoms with E-state index in [2.05, 4.69) is 20.8 Å². The third-order valence-corrected chi connectivity index (χ3v) is 7.12. The molecule has 0 spiro atoms. The van der Waals surface area contributed by atoms with Crippen molar-refractivity contribution in [2.45, 2.75) is 58.6 Å². The zero-order valence-electron chi connectivity index (χ0n) is 29.4. The Balaban J connectivity index is 0.00000102. The summed E-state index contributed by atoms with van der Waals surface area (Å²) in [4.78, 5) is 45.0. The average Bonchev–Trinajstić information content (AvgIpc) is 3.08. The van der Waals surface area contributed by atoms with Gasteiger partial charge in [0.1, 0.15) is 24.7 Å². The summed E-state index contributed by atoms with van der Waals surface area (Å²) in [5.41, 5.74) is 11.3. The van der Waals surface area contributed by atoms with E-state index in [0.717, 1.165) is 22.3 Å². The molecule has 0 atom stereocenters. The minimum Gasteiger partial charge on any atom is -0.507 e. The summed E-state index contributed by atoms with van der Waals surface area (Å²) in [7, 11) is 1.56. The number of nitrogens with one attached hydrogen (secondary N) is 2. The van der Waals surface area contributed by atoms with Crippen LogP contribution in [0.1, 0.15) is 43.0 Å². The third-order valence-electron chi connectivity index (χ3n) is 7.12. The van der Waals surface area contributed by atoms with Crippen LogP contribution in [0.5, 0.6) is 11.5 Å². The molecule has 1 heterocycles. The summed E-state index contributed by atoms with van der Waals surface area (Å²) < 4.78 is 69.1. The van der Waals surface area contributed by atoms with Crippen molar-refractivity contribution < 1.29 is 51.3 Å². The number of carbonyl (C=O) groups excluding carboxylic acids is 1. The number of aromatic hydroxyl groups is 1. The van der Waals surface area contributed by atoms with Crippen molar-refractivity contribution in [1.82, 2.24) is 14.9 Å². The van der Waals surface area contributed by atoms with Crippen LogP contribution in [0.15, 0.2) is 76.8 Å². The number of halogens is 5. The van der Waals surface area contributed by atoms with E-state index < -0.39 is 41.6 Å². The molecule has 290 valence electrons. The number of hydrogen-bond donors (Lipinski definition) is 6. The van der Waals surface area contributed by atoms with E-state index >= 15 is 0 Å². The van der Waals surface area contributed by atoms with Gasteiger partial charge in [-0.3, -0.25) is 14.2 Å². The van der Waals surface area contributed by atoms with Crippen molar-refractivity contribution in [3.8, 4) is 22.8 Å². The SMILES string of the molecule is CC(F)(F)C(=O)O.COc1ccc(CO/N=C(\N)c2ccc(CNC(=O)Cn3c(-c4cc(N)cc(C(F)(F)F)c4)cnc(NC(C)C)c3=O)cc2O)cc1. The molecule has 4 rings (SSSR count). The molecule has 54 heavy (non-hydrogen) atoms. The number of methoxy groups -OCH3 is 1. The van der Waals surface area contributed by atoms with Crippen molar-refractivity contribution in [3.63, 3.8) is 0 Å². The molecule has 8 N–H and O–H groups in total. The van der Waals surface area contributed by atoms with E-state index in [9.17, 15) is 41.4 Å². The summed E-state index contributed by atoms with van der Waals surface area (Å²) in [6.07, 6.45) is -3.49. The molecule has 19 heteroatoms. The number of phenols is 1. The number of carboxylic acid groups (broad SMARTS) is 1. The molecular weight excluding hydrogens is 725 g/mol. The molecule has 0 unspecified atom stereocenters. The van der Waals surface area contributed by atoms with Crippen LogP contribution in [0.2, 0.25) is 0 Å². The first kappa shape index (κ1) is 42.0. The Morgan fingerprint density at radius 3 is 2.20 bits per heavy atom. The summed E-state index contributed by atoms with van der Waals surface area (Å²) in [5, 5.41) is 27.4. The van der Waals surface area contributed by atoms with Crippen LogP contribution < -0.4 is 32.4 Å². The zero-order valence-corrected chi connectivity index (χ0v) is 29.4. The number of amides is 1. The Labute approximate surface area is 305 Å². The Morgan fingerprint density at radius 1 is 1.02 bits per heavy atom. The predicted octanol–water partition coefficient (Wildman–Crippen LogP) is 4.93. The second-order valence-corrected chi connectivity index (χ2v) is 11.9. The molecule has 0 bridgehead atoms. The summed E-state index contributed by atoms with van der Waals surface area (Å²) in [5.74, 6) is -5.98. The molecule has 0 aliphatic rings. The number of carbonyl (C=O) groups is 2. The third kappa shape index (κ3) is 12.1. The van der Waals surface area contributed by atoms with Gasteiger partial charge >= 0.3 is 18.1 Å². The van der Waals surface area contributed by atoms with Crippen molar-refractivity contribution in [1.29, 1.82) is 0 Å². The monoisotopic (exact) mass is 763 g/mol. The number of phenolic OH excluding ortho intramolecular Hbond substituents is 1. The van der Waals surface area contributed by atoms with Crippen LogP contribution in [0.3, 0.4) is 0 Å². The van der Waals surface area contributed by atoms with Gasteiger partial charge in [0, 0.05) is 30.8 Å². The minimum atomic E-state index is -4.69. The second kappa shape index (κ2) is 17.9. The molecule has 0 radical (unpaired) electrons. The van der Waals surface area contributed by atoms with Gasteiger partial charge in [0.2, 0.25) is 5.91 Å². The number of benzene rings is 3. The second-order valence-electron chi connectivity index (χ2n) is 11.9. The minimum absolute atomic E-state index is 0.0387. The first-order valence-corrected chi connectivity index (χ1v) is 15.8. The van der Waals surface area contributed by atoms with Gasteiger partial charge in [0.15, 0.2) is 11.7 Å². The van der Waals surface area contributed by atoms with E-state index in [-0.39, 0.29) is 59.1 Å². The number of aliphatic carboxylic acids is 1. The van der Waals surface area contributed by atoms with E-state index in [4.69, 9.17) is 26.1 Å². The fourth-order valence-corrected chi connectivity index (χ4v) is 4.46. The number of nitrogen functional groups attached to an aromatic ring is 1. The molecule has 4 aromatic rings. The molecule has 3 aromatic carbocycles. The van der Waals surface area contributed by atoms with E-state index in [0.29, 0.717) is 18.2 Å². The van der Waals surface area contributed by atoms with Crippen LogP contribution in [0.25, 0.3) is 11.3 Å². The van der Waals surface area contributed by atoms with E-state index in [1.807, 2.05) is 0 Å². The number of alkyl halides is 5. The van der Waals surface area contributed by atoms with E-state index in [1.165, 1.54) is 24.4 Å². The maximum atomic E-state index is 13.5. The van der Waals surface area contributed by atoms with Gasteiger partial charge in [0.25, 0.3) is 5.56 Å². The number of rotatable bonds is 13. The van der Waals surface area contributed by atoms with Crippen molar-refractivity contribution >= 4 is 29.2 Å². The van der Waals surface area contributed by atoms with E-state index in [1.54, 1.807) is 51.3 Å². The Hall–Kier alpha value is -6.40. The lowest BCUT2D eigenvalue weighted by atomic mass is 10.1. The molecule has 0 saturated heterocycles. The average molecular weight is 764 g/mol. The largest absolute Gasteiger partial charge is 0.507 e. The van der Waals surface area contributed by atoms with Crippen LogP contribution in [-0.4, -0.2) is 56.6 Å². The number of oxime groups is 1. The lowest BCUT2D eigenvalue weighted by Crippen LogP contribution is -2.35. The Morgan fingerprint density at radius 2 is 1.65 bits per heavy atom. The molecule has 0 fully saturated rings. The van der Waals surface area contributed by atoms with Gasteiger partial charge in [-0.1, -0.05) is 23.4 Å². The smallest absolute Gasteiger partial charge is 0.416 e. The molecular formula is C35H38F5N7O7. The van der Waals surface area contributed by atoms with Crippen molar-refractivity contribution in [2.75, 3.05) is 18.2 Å². The summed E-state index contributed by atoms with van der Waals surface area (Å²) in [6.45, 7) is 3.41. The number of ether oxygens (including phenoxy) is 1. The van der Waals surface area contributed by atoms with Crippen LogP contribution in [0.4, 0.5) is 33.5 Å². The topological polar surface area (TPSA) is 216 Å². The van der Waals surface area contributed by atoms with Gasteiger partial charge in [0.05, 0.1) is 30.1 Å². The molecule has 1 amide bonds. The fraction of sp³-hybridized carbons (Fsp3) is 0.286. The lowest BCUT2D eigenvalue weighted by molar-refractivity contribution is -0.162. The number of nitrogens with zero attached hydrogens (tertiary/aromatic N) is 3. The quantitative estimate of drug-likeness (QED) is 0.0353. The molecule has 14 nitrogen and oxygen atoms in total. The van der Waals surface area contributed by atoms with Crippen molar-refractivity contribution in [2.24, 2.45) is 10.9 Å². The zero-order chi connectivity index (χ0) is 40.4. The maximum absolute atomic E-state index is 13.5. The standard InChI is InChI=1S/C32H34F3N7O5.C3H4F2O2/c1-18(2)40-30-31(45)42(26(15-39-30)21-11-22(32(33,34)35)13-23(36)12-21)16-28(44)38-14-20-6-9-25(27(43)10-20)29(37)41-47-17-19-4-7-24(46-3)8-5-19;1-3(4,5)2(6)7/h4-13,15,18,43H,14,16-17,36H2,1-3H3,(H2,37,41)(H,38,44)(H,39,40);1H3,(H,6,7). The molecule has 0 aliphatic carbocycles. The first-order valence-electron chi connectivity index (χ1n) is 15.8. The number of carboxylic acids is 1. The Bertz CT molecular complexity index is 2030. The van der Waals surface area contributed by atoms with Gasteiger partial charge in [-0.15, -0.1) is 0 Å². The number of amidine groups is 1. The molecule has 0 saturated carbocycles. The maximum Gasteiger partial charge on any atom is 0.416 e. The normalized spacial score (nSPS) is 11.7. The summed E-state index contributed by atoms with van der Waals surface area (Å²) >= 11 is 0. The van der Waals surface area contributed by atoms with Gasteiger partial charge in [-0.2, -0.15) is 22.0 Å². The van der Waals surface area contributed by atoms with Gasteiger partial charge < -0.3 is 41.9 Å². The van der Waals surface area contributed by atoms with Crippen molar-refractivity contribution in [3.05, 3.63) is 99.5 Å². The highest BCUT2D eigenvalue weighted by Gasteiger charge is 2.32. The number of nitrogens with two attached hydrogens (primary N) is 2. The fourth-order valence-electron chi connectivity index (χ4n) is 4.46. The number of aromatic nitrogens is 2. The van der Waals surface area contributed by atoms with Crippen LogP contribution >= 0.6 is 0 Å². The van der Waals surface area contributed by atoms with Crippen LogP contribution in [0, 0.1) is 0 Å². The highest BCUT2D eigenvalue weighted by atomic mass is 19.4. The molecule has 0 aliphatic heterocycles. The highest BCUT2D eigenvalue weighted by molar-refractivity contribution is 5.99. The Kier molecular flexibility index (Phi) is 13.9. The highest BCUT2D eigenvalue weighted by Crippen LogP contribution is 2.34. The van der Waals surface area contributed by atoms with Gasteiger partial charge in [-0.25, -0.2) is 9.78 Å². The van der Waals surface area contributed by atoms with Crippen LogP contribution in [-0.2, 0) is 40.3 Å². The lowest BCUT2D eigenvalue weighted by Gasteiger charge is -2.17. The predicted molar refractivity (Wildman–Crippen MR) is 189 cm³/mol. The molecule has 1 aromatic heterocycles.